The topological polar surface area (TPSA) is 136 Å². The number of hydrogen-bond donors (Lipinski definition) is 0. The van der Waals surface area contributed by atoms with Crippen molar-refractivity contribution in [2.75, 3.05) is 139 Å². The first-order valence-electron chi connectivity index (χ1n) is 15.8. The Morgan fingerprint density at radius 1 is 0.422 bits per heavy atom. The molecule has 1 aromatic carbocycles. The van der Waals surface area contributed by atoms with Crippen molar-refractivity contribution in [1.29, 1.82) is 0 Å². The van der Waals surface area contributed by atoms with Gasteiger partial charge in [0.05, 0.1) is 126 Å². The molecular formula is C32H54O13. The molecule has 0 aromatic heterocycles. The fourth-order valence-electron chi connectivity index (χ4n) is 3.29. The zero-order valence-electron chi connectivity index (χ0n) is 27.0. The molecule has 0 atom stereocenters. The second-order valence-corrected chi connectivity index (χ2v) is 9.31. The lowest BCUT2D eigenvalue weighted by Crippen LogP contribution is -2.20. The lowest BCUT2D eigenvalue weighted by molar-refractivity contribution is -0.139. The first kappa shape index (κ1) is 41.0. The number of hydrogen-bond acceptors (Lipinski definition) is 13. The average molecular weight is 647 g/mol. The van der Waals surface area contributed by atoms with Gasteiger partial charge in [0.25, 0.3) is 5.78 Å². The molecule has 0 saturated heterocycles. The molecule has 0 N–H and O–H groups in total. The molecule has 13 nitrogen and oxygen atoms in total. The van der Waals surface area contributed by atoms with E-state index in [1.54, 1.807) is 30.3 Å². The molecule has 1 aromatic rings. The molecule has 0 saturated carbocycles. The van der Waals surface area contributed by atoms with E-state index < -0.39 is 11.8 Å². The summed E-state index contributed by atoms with van der Waals surface area (Å²) >= 11 is 0. The lowest BCUT2D eigenvalue weighted by atomic mass is 10.1. The normalized spacial score (nSPS) is 11.2. The third-order valence-corrected chi connectivity index (χ3v) is 5.67. The van der Waals surface area contributed by atoms with Gasteiger partial charge in [-0.1, -0.05) is 43.7 Å². The molecule has 0 aliphatic rings. The Labute approximate surface area is 267 Å². The monoisotopic (exact) mass is 646 g/mol. The first-order chi connectivity index (χ1) is 22.3. The second kappa shape index (κ2) is 33.3. The van der Waals surface area contributed by atoms with Crippen molar-refractivity contribution in [1.82, 2.24) is 0 Å². The average Bonchev–Trinajstić information content (AvgIpc) is 3.06. The van der Waals surface area contributed by atoms with E-state index in [1.165, 1.54) is 0 Å². The molecule has 45 heavy (non-hydrogen) atoms. The first-order valence-corrected chi connectivity index (χ1v) is 15.8. The molecule has 0 amide bonds. The van der Waals surface area contributed by atoms with Gasteiger partial charge in [-0.05, 0) is 6.42 Å². The maximum absolute atomic E-state index is 11.9. The van der Waals surface area contributed by atoms with Crippen molar-refractivity contribution in [3.8, 4) is 0 Å². The number of ether oxygens (including phenoxy) is 11. The fourth-order valence-corrected chi connectivity index (χ4v) is 3.29. The van der Waals surface area contributed by atoms with Crippen LogP contribution >= 0.6 is 0 Å². The standard InChI is InChI=1S/C32H54O13/c1-2-3-9-35-10-11-36-12-13-37-14-15-38-16-17-39-18-19-40-20-21-41-22-23-42-24-25-43-26-27-44-28-29-45-32(34)31(33)30-7-5-4-6-8-30/h4-8H,2-3,9-29H2,1H3. The van der Waals surface area contributed by atoms with Crippen LogP contribution in [0.5, 0.6) is 0 Å². The minimum Gasteiger partial charge on any atom is -0.457 e. The minimum atomic E-state index is -0.895. The van der Waals surface area contributed by atoms with Gasteiger partial charge in [0.15, 0.2) is 0 Å². The summed E-state index contributed by atoms with van der Waals surface area (Å²) < 4.78 is 59.2. The van der Waals surface area contributed by atoms with E-state index >= 15 is 0 Å². The predicted molar refractivity (Wildman–Crippen MR) is 165 cm³/mol. The maximum atomic E-state index is 11.9. The third-order valence-electron chi connectivity index (χ3n) is 5.67. The van der Waals surface area contributed by atoms with Gasteiger partial charge in [-0.15, -0.1) is 0 Å². The summed E-state index contributed by atoms with van der Waals surface area (Å²) in [5.41, 5.74) is 0.297. The molecule has 0 spiro atoms. The number of esters is 1. The number of ketones is 1. The van der Waals surface area contributed by atoms with E-state index in [1.807, 2.05) is 0 Å². The smallest absolute Gasteiger partial charge is 0.379 e. The van der Waals surface area contributed by atoms with Crippen LogP contribution in [0.15, 0.2) is 30.3 Å². The molecular weight excluding hydrogens is 592 g/mol. The van der Waals surface area contributed by atoms with Crippen molar-refractivity contribution < 1.29 is 61.7 Å². The summed E-state index contributed by atoms with van der Waals surface area (Å²) in [5, 5.41) is 0. The SMILES string of the molecule is CCCCOCCOCCOCCOCCOCCOCCOCCOCCOCCOCCOC(=O)C(=O)c1ccccc1. The van der Waals surface area contributed by atoms with Gasteiger partial charge in [-0.2, -0.15) is 0 Å². The molecule has 0 aliphatic heterocycles. The number of Topliss-reactive ketones (excluding diaryl/α,β-unsaturated/α-hetero) is 1. The Hall–Kier alpha value is -2.04. The summed E-state index contributed by atoms with van der Waals surface area (Å²) in [6, 6.07) is 8.26. The van der Waals surface area contributed by atoms with Crippen LogP contribution in [0.3, 0.4) is 0 Å². The number of unbranched alkanes of at least 4 members (excludes halogenated alkanes) is 1. The molecule has 0 heterocycles. The second-order valence-electron chi connectivity index (χ2n) is 9.31. The maximum Gasteiger partial charge on any atom is 0.379 e. The van der Waals surface area contributed by atoms with E-state index in [4.69, 9.17) is 52.1 Å². The van der Waals surface area contributed by atoms with Crippen molar-refractivity contribution >= 4 is 11.8 Å². The van der Waals surface area contributed by atoms with Crippen LogP contribution in [-0.2, 0) is 56.9 Å². The van der Waals surface area contributed by atoms with Gasteiger partial charge >= 0.3 is 5.97 Å². The highest BCUT2D eigenvalue weighted by atomic mass is 16.6. The molecule has 0 aliphatic carbocycles. The van der Waals surface area contributed by atoms with Crippen LogP contribution < -0.4 is 0 Å². The highest BCUT2D eigenvalue weighted by Crippen LogP contribution is 2.01. The highest BCUT2D eigenvalue weighted by Gasteiger charge is 2.17. The van der Waals surface area contributed by atoms with Crippen molar-refractivity contribution in [2.45, 2.75) is 19.8 Å². The number of benzene rings is 1. The number of carbonyl (C=O) groups is 2. The Morgan fingerprint density at radius 3 is 1.02 bits per heavy atom. The summed E-state index contributed by atoms with van der Waals surface area (Å²) in [6.45, 7) is 12.0. The Balaban J connectivity index is 1.67. The Bertz CT molecular complexity index is 782. The minimum absolute atomic E-state index is 0.000176. The van der Waals surface area contributed by atoms with E-state index in [9.17, 15) is 9.59 Å². The predicted octanol–water partition coefficient (Wildman–Crippen LogP) is 2.38. The summed E-state index contributed by atoms with van der Waals surface area (Å²) in [4.78, 5) is 23.6. The van der Waals surface area contributed by atoms with Crippen molar-refractivity contribution in [2.24, 2.45) is 0 Å². The lowest BCUT2D eigenvalue weighted by Gasteiger charge is -2.09. The molecule has 0 radical (unpaired) electrons. The summed E-state index contributed by atoms with van der Waals surface area (Å²) in [7, 11) is 0. The number of carbonyl (C=O) groups excluding carboxylic acids is 2. The van der Waals surface area contributed by atoms with Crippen LogP contribution in [0.2, 0.25) is 0 Å². The molecule has 0 unspecified atom stereocenters. The molecule has 260 valence electrons. The molecule has 1 rings (SSSR count). The largest absolute Gasteiger partial charge is 0.457 e. The van der Waals surface area contributed by atoms with Crippen LogP contribution in [0, 0.1) is 0 Å². The van der Waals surface area contributed by atoms with Crippen LogP contribution in [0.1, 0.15) is 30.1 Å². The van der Waals surface area contributed by atoms with Gasteiger partial charge < -0.3 is 52.1 Å². The van der Waals surface area contributed by atoms with Crippen LogP contribution in [0.25, 0.3) is 0 Å². The summed E-state index contributed by atoms with van der Waals surface area (Å²) in [6.07, 6.45) is 2.23. The highest BCUT2D eigenvalue weighted by molar-refractivity contribution is 6.40. The third kappa shape index (κ3) is 28.0. The Kier molecular flexibility index (Phi) is 30.4. The Morgan fingerprint density at radius 2 is 0.711 bits per heavy atom. The van der Waals surface area contributed by atoms with Gasteiger partial charge in [0.1, 0.15) is 6.61 Å². The molecule has 0 fully saturated rings. The van der Waals surface area contributed by atoms with E-state index in [-0.39, 0.29) is 13.2 Å². The van der Waals surface area contributed by atoms with Gasteiger partial charge in [-0.25, -0.2) is 4.79 Å². The van der Waals surface area contributed by atoms with Crippen LogP contribution in [0.4, 0.5) is 0 Å². The quantitative estimate of drug-likeness (QED) is 0.0463. The van der Waals surface area contributed by atoms with Gasteiger partial charge in [0.2, 0.25) is 0 Å². The van der Waals surface area contributed by atoms with Crippen LogP contribution in [-0.4, -0.2) is 150 Å². The van der Waals surface area contributed by atoms with E-state index in [2.05, 4.69) is 6.92 Å². The zero-order chi connectivity index (χ0) is 32.3. The van der Waals surface area contributed by atoms with E-state index in [0.29, 0.717) is 124 Å². The molecule has 13 heteroatoms. The molecule has 0 bridgehead atoms. The van der Waals surface area contributed by atoms with Gasteiger partial charge in [-0.3, -0.25) is 4.79 Å². The number of rotatable bonds is 35. The summed E-state index contributed by atoms with van der Waals surface area (Å²) in [5.74, 6) is -1.57. The van der Waals surface area contributed by atoms with Gasteiger partial charge in [0, 0.05) is 12.2 Å². The van der Waals surface area contributed by atoms with Crippen molar-refractivity contribution in [3.05, 3.63) is 35.9 Å². The zero-order valence-corrected chi connectivity index (χ0v) is 27.0. The van der Waals surface area contributed by atoms with Crippen molar-refractivity contribution in [3.63, 3.8) is 0 Å². The fraction of sp³-hybridized carbons (Fsp3) is 0.750. The van der Waals surface area contributed by atoms with E-state index in [0.717, 1.165) is 19.4 Å².